The van der Waals surface area contributed by atoms with Gasteiger partial charge in [-0.05, 0) is 5.54 Å². The highest BCUT2D eigenvalue weighted by Crippen LogP contribution is 1.60. The van der Waals surface area contributed by atoms with Crippen LogP contribution in [0.15, 0.2) is 12.1 Å². The molecule has 0 saturated carbocycles. The first-order chi connectivity index (χ1) is 1.41. The summed E-state index contributed by atoms with van der Waals surface area (Å²) in [6.07, 6.45) is 0. The van der Waals surface area contributed by atoms with Crippen LogP contribution in [0.3, 0.4) is 0 Å². The van der Waals surface area contributed by atoms with Crippen LogP contribution in [-0.4, -0.2) is 0 Å². The monoisotopic (exact) mass is 79.0 g/mol. The molecular weight excluding hydrogens is 73.5 g/mol. The van der Waals surface area contributed by atoms with E-state index in [0.29, 0.717) is 0 Å². The molecule has 0 unspecified atom stereocenters. The molecule has 0 aromatic heterocycles. The highest BCUT2D eigenvalue weighted by molar-refractivity contribution is 6.25. The fourth-order valence-electron chi connectivity index (χ4n) is 0. The number of hydrogen-bond donors (Lipinski definition) is 1. The molecular formula is C2H6ClN. The molecule has 2 heteroatoms. The Morgan fingerprint density at radius 1 is 1.75 bits per heavy atom. The van der Waals surface area contributed by atoms with Gasteiger partial charge in [0.2, 0.25) is 0 Å². The van der Waals surface area contributed by atoms with Crippen molar-refractivity contribution >= 4 is 11.6 Å². The molecule has 0 atom stereocenters. The van der Waals surface area contributed by atoms with E-state index in [1.54, 1.807) is 0 Å². The number of halogens is 1. The van der Waals surface area contributed by atoms with Crippen LogP contribution in [0.5, 0.6) is 0 Å². The zero-order chi connectivity index (χ0) is 2.71. The van der Waals surface area contributed by atoms with E-state index in [0.717, 1.165) is 0 Å². The third-order valence-corrected chi connectivity index (χ3v) is 0. The van der Waals surface area contributed by atoms with E-state index in [2.05, 4.69) is 6.58 Å². The molecule has 0 aliphatic heterocycles. The van der Waals surface area contributed by atoms with Gasteiger partial charge in [-0.2, -0.15) is 0 Å². The highest BCUT2D eigenvalue weighted by Gasteiger charge is 1.18. The van der Waals surface area contributed by atoms with E-state index in [1.165, 1.54) is 5.54 Å². The van der Waals surface area contributed by atoms with Crippen LogP contribution in [0.2, 0.25) is 0 Å². The average Bonchev–Trinajstić information content (AvgIpc) is 0.918. The van der Waals surface area contributed by atoms with Gasteiger partial charge in [-0.3, -0.25) is 0 Å². The summed E-state index contributed by atoms with van der Waals surface area (Å²) in [4.78, 5) is 0. The zero-order valence-electron chi connectivity index (χ0n) is 2.37. The van der Waals surface area contributed by atoms with Crippen molar-refractivity contribution in [3.63, 3.8) is 0 Å². The number of rotatable bonds is 0. The summed E-state index contributed by atoms with van der Waals surface area (Å²) in [6, 6.07) is 0. The first kappa shape index (κ1) is 9.01. The second kappa shape index (κ2) is 12.1. The Morgan fingerprint density at radius 3 is 1.75 bits per heavy atom. The largest absolute Gasteiger partial charge is 0.344 e. The lowest BCUT2D eigenvalue weighted by Crippen LogP contribution is -0.926. The maximum Gasteiger partial charge on any atom is -0.00296 e. The van der Waals surface area contributed by atoms with Gasteiger partial charge in [-0.25, -0.2) is 0 Å². The Bertz CT molecular complexity index is 13.5. The molecule has 3 N–H and O–H groups in total. The molecule has 0 amide bonds. The SMILES string of the molecule is C=CCl.N. The Kier molecular flexibility index (Phi) is 27.2. The quantitative estimate of drug-likeness (QED) is 0.470. The summed E-state index contributed by atoms with van der Waals surface area (Å²) >= 11 is 4.76. The van der Waals surface area contributed by atoms with E-state index in [4.69, 9.17) is 11.6 Å². The molecule has 0 spiro atoms. The molecule has 0 fully saturated rings. The minimum atomic E-state index is 0. The molecule has 0 heterocycles. The molecule has 0 radical (unpaired) electrons. The Balaban J connectivity index is 0. The fourth-order valence-corrected chi connectivity index (χ4v) is 0. The summed E-state index contributed by atoms with van der Waals surface area (Å²) in [6.45, 7) is 3.13. The van der Waals surface area contributed by atoms with Crippen LogP contribution in [0.4, 0.5) is 0 Å². The fraction of sp³-hybridized carbons (Fsp3) is 0. The minimum Gasteiger partial charge on any atom is -0.344 e. The summed E-state index contributed by atoms with van der Waals surface area (Å²) < 4.78 is 0. The summed E-state index contributed by atoms with van der Waals surface area (Å²) in [5.41, 5.74) is 1.22. The first-order valence-corrected chi connectivity index (χ1v) is 1.06. The Labute approximate surface area is 30.9 Å². The molecule has 0 bridgehead atoms. The van der Waals surface area contributed by atoms with Crippen molar-refractivity contribution in [3.05, 3.63) is 12.1 Å². The van der Waals surface area contributed by atoms with Crippen molar-refractivity contribution in [3.8, 4) is 0 Å². The van der Waals surface area contributed by atoms with Crippen molar-refractivity contribution in [1.29, 1.82) is 0 Å². The van der Waals surface area contributed by atoms with Crippen LogP contribution in [0.25, 0.3) is 0 Å². The smallest absolute Gasteiger partial charge is 0.00296 e. The van der Waals surface area contributed by atoms with Crippen LogP contribution in [0.1, 0.15) is 0 Å². The molecule has 0 saturated heterocycles. The van der Waals surface area contributed by atoms with Crippen LogP contribution >= 0.6 is 11.6 Å². The lowest BCUT2D eigenvalue weighted by molar-refractivity contribution is 2.13. The normalized spacial score (nSPS) is 3.25. The highest BCUT2D eigenvalue weighted by atomic mass is 35.5. The van der Waals surface area contributed by atoms with Crippen LogP contribution in [0, 0.1) is 0 Å². The molecule has 4 heavy (non-hydrogen) atoms. The maximum atomic E-state index is 4.76. The summed E-state index contributed by atoms with van der Waals surface area (Å²) in [7, 11) is 0. The van der Waals surface area contributed by atoms with Gasteiger partial charge in [0, 0.05) is 0 Å². The van der Waals surface area contributed by atoms with Gasteiger partial charge in [0.15, 0.2) is 0 Å². The van der Waals surface area contributed by atoms with Gasteiger partial charge in [-0.1, -0.05) is 18.2 Å². The minimum absolute atomic E-state index is 0. The Morgan fingerprint density at radius 2 is 1.75 bits per heavy atom. The van der Waals surface area contributed by atoms with E-state index < -0.39 is 0 Å². The molecule has 0 aliphatic carbocycles. The van der Waals surface area contributed by atoms with E-state index >= 15 is 0 Å². The Hall–Kier alpha value is -0.0100. The van der Waals surface area contributed by atoms with Gasteiger partial charge in [0.1, 0.15) is 0 Å². The third-order valence-electron chi connectivity index (χ3n) is 0. The van der Waals surface area contributed by atoms with Gasteiger partial charge in [-0.15, -0.1) is 0 Å². The van der Waals surface area contributed by atoms with Crippen molar-refractivity contribution < 1.29 is 0 Å². The van der Waals surface area contributed by atoms with Gasteiger partial charge in [0.25, 0.3) is 0 Å². The topological polar surface area (TPSA) is 35.0 Å². The molecule has 0 rings (SSSR count). The van der Waals surface area contributed by atoms with Gasteiger partial charge >= 0.3 is 0 Å². The lowest BCUT2D eigenvalue weighted by atomic mass is 11.3. The second-order valence-corrected chi connectivity index (χ2v) is 0.463. The van der Waals surface area contributed by atoms with Crippen LogP contribution in [-0.2, 0) is 0 Å². The van der Waals surface area contributed by atoms with Crippen molar-refractivity contribution in [2.45, 2.75) is 0 Å². The van der Waals surface area contributed by atoms with E-state index in [-0.39, 0.29) is 6.15 Å². The second-order valence-electron chi connectivity index (χ2n) is 0.154. The zero-order valence-corrected chi connectivity index (χ0v) is 3.13. The first-order valence-electron chi connectivity index (χ1n) is 0.626. The molecule has 0 aliphatic rings. The predicted molar refractivity (Wildman–Crippen MR) is 21.1 cm³/mol. The third kappa shape index (κ3) is 19500. The van der Waals surface area contributed by atoms with E-state index in [1.807, 2.05) is 0 Å². The van der Waals surface area contributed by atoms with E-state index in [9.17, 15) is 0 Å². The van der Waals surface area contributed by atoms with Crippen LogP contribution < -0.4 is 6.15 Å². The average molecular weight is 79.5 g/mol. The van der Waals surface area contributed by atoms with Gasteiger partial charge < -0.3 is 6.15 Å². The lowest BCUT2D eigenvalue weighted by Gasteiger charge is -1.27. The van der Waals surface area contributed by atoms with Crippen molar-refractivity contribution in [1.82, 2.24) is 6.15 Å². The standard InChI is InChI=1S/C2H3Cl.H3N/c1-2-3;/h2H,1H2;1H3. The molecule has 1 nitrogen and oxygen atoms in total. The summed E-state index contributed by atoms with van der Waals surface area (Å²) in [5, 5.41) is 0. The molecule has 0 aromatic rings. The van der Waals surface area contributed by atoms with Gasteiger partial charge in [0.05, 0.1) is 0 Å². The molecule has 26 valence electrons. The summed E-state index contributed by atoms with van der Waals surface area (Å²) in [5.74, 6) is 0. The number of hydrogen-bond acceptors (Lipinski definition) is 1. The van der Waals surface area contributed by atoms with Crippen molar-refractivity contribution in [2.75, 3.05) is 0 Å². The predicted octanol–water partition coefficient (Wildman–Crippen LogP) is 1.53. The maximum absolute atomic E-state index is 4.76. The molecule has 0 aromatic carbocycles. The van der Waals surface area contributed by atoms with Crippen molar-refractivity contribution in [2.24, 2.45) is 0 Å².